The molecule has 0 heterocycles. The van der Waals surface area contributed by atoms with Crippen molar-refractivity contribution in [2.75, 3.05) is 19.8 Å². The Balaban J connectivity index is 3.20. The van der Waals surface area contributed by atoms with Crippen LogP contribution >= 0.6 is 12.9 Å². The maximum Gasteiger partial charge on any atom is 0.0660 e. The Morgan fingerprint density at radius 2 is 2.18 bits per heavy atom. The van der Waals surface area contributed by atoms with Gasteiger partial charge in [0.15, 0.2) is 0 Å². The molecule has 0 aliphatic heterocycles. The predicted molar refractivity (Wildman–Crippen MR) is 48.4 cm³/mol. The number of rotatable bonds is 7. The van der Waals surface area contributed by atoms with Crippen molar-refractivity contribution in [1.82, 2.24) is 0 Å². The highest BCUT2D eigenvalue weighted by Crippen LogP contribution is 2.08. The number of aliphatic hydroxyl groups excluding tert-OH is 1. The Morgan fingerprint density at radius 3 is 2.64 bits per heavy atom. The van der Waals surface area contributed by atoms with Crippen molar-refractivity contribution < 1.29 is 9.29 Å². The maximum absolute atomic E-state index is 8.81. The van der Waals surface area contributed by atoms with Crippen LogP contribution < -0.4 is 5.73 Å². The van der Waals surface area contributed by atoms with E-state index < -0.39 is 0 Å². The molecule has 0 saturated heterocycles. The minimum Gasteiger partial charge on any atom is -0.396 e. The Morgan fingerprint density at radius 1 is 1.45 bits per heavy atom. The zero-order valence-corrected chi connectivity index (χ0v) is 7.59. The summed E-state index contributed by atoms with van der Waals surface area (Å²) < 4.78 is 4.63. The highest BCUT2D eigenvalue weighted by atomic mass is 32.1. The summed E-state index contributed by atoms with van der Waals surface area (Å²) in [6.07, 6.45) is 3.04. The summed E-state index contributed by atoms with van der Waals surface area (Å²) in [7, 11) is 0. The molecule has 4 heteroatoms. The summed E-state index contributed by atoms with van der Waals surface area (Å²) in [4.78, 5) is 0. The molecular weight excluding hydrogens is 162 g/mol. The summed E-state index contributed by atoms with van der Waals surface area (Å²) in [5.74, 6) is 0.221. The first-order valence-electron chi connectivity index (χ1n) is 3.92. The minimum absolute atomic E-state index is 0.172. The van der Waals surface area contributed by atoms with Gasteiger partial charge in [-0.25, -0.2) is 0 Å². The number of unbranched alkanes of at least 4 members (excludes halogenated alkanes) is 1. The lowest BCUT2D eigenvalue weighted by atomic mass is 10.0. The first kappa shape index (κ1) is 11.2. The van der Waals surface area contributed by atoms with E-state index in [1.165, 1.54) is 0 Å². The van der Waals surface area contributed by atoms with Crippen LogP contribution in [0.25, 0.3) is 0 Å². The third-order valence-corrected chi connectivity index (χ3v) is 1.78. The fourth-order valence-corrected chi connectivity index (χ4v) is 1.12. The lowest BCUT2D eigenvalue weighted by Gasteiger charge is -2.10. The minimum atomic E-state index is 0.172. The van der Waals surface area contributed by atoms with Gasteiger partial charge in [0.1, 0.15) is 0 Å². The summed E-state index contributed by atoms with van der Waals surface area (Å²) in [6.45, 7) is 1.41. The molecule has 0 aliphatic carbocycles. The molecule has 68 valence electrons. The van der Waals surface area contributed by atoms with Crippen LogP contribution in [-0.2, 0) is 4.18 Å². The molecule has 1 unspecified atom stereocenters. The van der Waals surface area contributed by atoms with Crippen molar-refractivity contribution in [2.45, 2.75) is 19.3 Å². The zero-order valence-electron chi connectivity index (χ0n) is 6.70. The summed E-state index contributed by atoms with van der Waals surface area (Å²) in [6, 6.07) is 0. The van der Waals surface area contributed by atoms with Gasteiger partial charge in [-0.15, -0.1) is 0 Å². The van der Waals surface area contributed by atoms with E-state index in [0.29, 0.717) is 6.61 Å². The molecule has 0 aromatic heterocycles. The largest absolute Gasteiger partial charge is 0.396 e. The SMILES string of the molecule is NCCCCC(CO)COS. The average molecular weight is 179 g/mol. The lowest BCUT2D eigenvalue weighted by Crippen LogP contribution is -2.12. The van der Waals surface area contributed by atoms with Gasteiger partial charge in [0, 0.05) is 12.5 Å². The molecule has 3 nitrogen and oxygen atoms in total. The van der Waals surface area contributed by atoms with Crippen LogP contribution in [0, 0.1) is 5.92 Å². The summed E-state index contributed by atoms with van der Waals surface area (Å²) >= 11 is 3.62. The molecule has 0 bridgehead atoms. The molecule has 0 spiro atoms. The molecule has 1 atom stereocenters. The number of hydrogen-bond donors (Lipinski definition) is 3. The van der Waals surface area contributed by atoms with Crippen molar-refractivity contribution in [3.8, 4) is 0 Å². The summed E-state index contributed by atoms with van der Waals surface area (Å²) in [5, 5.41) is 8.81. The van der Waals surface area contributed by atoms with Gasteiger partial charge in [-0.2, -0.15) is 0 Å². The molecule has 0 saturated carbocycles. The van der Waals surface area contributed by atoms with Crippen LogP contribution in [0.3, 0.4) is 0 Å². The average Bonchev–Trinajstić information content (AvgIpc) is 2.03. The van der Waals surface area contributed by atoms with Gasteiger partial charge in [-0.3, -0.25) is 0 Å². The first-order valence-corrected chi connectivity index (χ1v) is 4.29. The molecule has 0 aliphatic rings. The molecule has 0 rings (SSSR count). The predicted octanol–water partition coefficient (Wildman–Crippen LogP) is 0.585. The zero-order chi connectivity index (χ0) is 8.53. The van der Waals surface area contributed by atoms with Gasteiger partial charge in [0.2, 0.25) is 0 Å². The molecule has 11 heavy (non-hydrogen) atoms. The number of hydrogen-bond acceptors (Lipinski definition) is 4. The van der Waals surface area contributed by atoms with Gasteiger partial charge >= 0.3 is 0 Å². The van der Waals surface area contributed by atoms with Crippen molar-refractivity contribution >= 4 is 12.9 Å². The number of thiol groups is 1. The Hall–Kier alpha value is 0.230. The number of aliphatic hydroxyl groups is 1. The van der Waals surface area contributed by atoms with E-state index >= 15 is 0 Å². The lowest BCUT2D eigenvalue weighted by molar-refractivity contribution is 0.168. The van der Waals surface area contributed by atoms with E-state index in [9.17, 15) is 0 Å². The van der Waals surface area contributed by atoms with Crippen LogP contribution in [0.2, 0.25) is 0 Å². The topological polar surface area (TPSA) is 55.5 Å². The van der Waals surface area contributed by atoms with Crippen LogP contribution in [0.5, 0.6) is 0 Å². The molecule has 0 amide bonds. The van der Waals surface area contributed by atoms with Crippen molar-refractivity contribution in [3.05, 3.63) is 0 Å². The molecule has 0 aromatic rings. The molecular formula is C7H17NO2S. The maximum atomic E-state index is 8.81. The van der Waals surface area contributed by atoms with E-state index in [1.54, 1.807) is 0 Å². The van der Waals surface area contributed by atoms with E-state index in [4.69, 9.17) is 10.8 Å². The van der Waals surface area contributed by atoms with Crippen LogP contribution in [0.4, 0.5) is 0 Å². The van der Waals surface area contributed by atoms with E-state index in [2.05, 4.69) is 17.1 Å². The second-order valence-corrected chi connectivity index (χ2v) is 2.89. The fourth-order valence-electron chi connectivity index (χ4n) is 0.910. The van der Waals surface area contributed by atoms with Gasteiger partial charge in [-0.1, -0.05) is 6.42 Å². The second-order valence-electron chi connectivity index (χ2n) is 2.63. The molecule has 3 N–H and O–H groups in total. The Labute approximate surface area is 73.5 Å². The smallest absolute Gasteiger partial charge is 0.0660 e. The third-order valence-electron chi connectivity index (χ3n) is 1.63. The van der Waals surface area contributed by atoms with Gasteiger partial charge in [0.25, 0.3) is 0 Å². The fraction of sp³-hybridized carbons (Fsp3) is 1.00. The van der Waals surface area contributed by atoms with Crippen molar-refractivity contribution in [3.63, 3.8) is 0 Å². The van der Waals surface area contributed by atoms with Crippen LogP contribution in [-0.4, -0.2) is 24.9 Å². The van der Waals surface area contributed by atoms with Crippen LogP contribution in [0.1, 0.15) is 19.3 Å². The monoisotopic (exact) mass is 179 g/mol. The van der Waals surface area contributed by atoms with E-state index in [1.807, 2.05) is 0 Å². The first-order chi connectivity index (χ1) is 5.35. The Kier molecular flexibility index (Phi) is 8.50. The van der Waals surface area contributed by atoms with Crippen molar-refractivity contribution in [2.24, 2.45) is 11.7 Å². The van der Waals surface area contributed by atoms with Crippen molar-refractivity contribution in [1.29, 1.82) is 0 Å². The van der Waals surface area contributed by atoms with E-state index in [-0.39, 0.29) is 12.5 Å². The third kappa shape index (κ3) is 6.62. The van der Waals surface area contributed by atoms with E-state index in [0.717, 1.165) is 25.8 Å². The Bertz CT molecular complexity index is 82.8. The van der Waals surface area contributed by atoms with Gasteiger partial charge in [0.05, 0.1) is 6.61 Å². The number of nitrogens with two attached hydrogens (primary N) is 1. The highest BCUT2D eigenvalue weighted by molar-refractivity contribution is 7.75. The molecule has 0 fully saturated rings. The van der Waals surface area contributed by atoms with Gasteiger partial charge in [-0.05, 0) is 32.3 Å². The summed E-state index contributed by atoms with van der Waals surface area (Å²) in [5.41, 5.74) is 5.32. The van der Waals surface area contributed by atoms with Gasteiger partial charge < -0.3 is 15.0 Å². The highest BCUT2D eigenvalue weighted by Gasteiger charge is 2.05. The second kappa shape index (κ2) is 8.33. The van der Waals surface area contributed by atoms with Crippen LogP contribution in [0.15, 0.2) is 0 Å². The quantitative estimate of drug-likeness (QED) is 0.304. The standard InChI is InChI=1S/C7H17NO2S/c8-4-2-1-3-7(5-9)6-10-11/h7,9,11H,1-6,8H2. The molecule has 0 aromatic carbocycles. The normalized spacial score (nSPS) is 13.4. The molecule has 0 radical (unpaired) electrons.